The van der Waals surface area contributed by atoms with Crippen LogP contribution in [0.15, 0.2) is 79.4 Å². The average molecular weight is 448 g/mol. The molecule has 3 aromatic heterocycles. The van der Waals surface area contributed by atoms with Crippen molar-refractivity contribution >= 4 is 22.6 Å². The molecule has 1 fully saturated rings. The van der Waals surface area contributed by atoms with E-state index >= 15 is 0 Å². The van der Waals surface area contributed by atoms with E-state index in [4.69, 9.17) is 4.98 Å². The van der Waals surface area contributed by atoms with E-state index in [0.29, 0.717) is 13.0 Å². The number of carbonyl (C=O) groups excluding carboxylic acids is 1. The van der Waals surface area contributed by atoms with Crippen molar-refractivity contribution in [3.63, 3.8) is 0 Å². The van der Waals surface area contributed by atoms with Crippen molar-refractivity contribution in [3.05, 3.63) is 90.8 Å². The molecule has 6 rings (SSSR count). The van der Waals surface area contributed by atoms with Gasteiger partial charge in [-0.05, 0) is 60.9 Å². The Balaban J connectivity index is 1.22. The Morgan fingerprint density at radius 2 is 1.76 bits per heavy atom. The molecule has 0 spiro atoms. The van der Waals surface area contributed by atoms with Crippen molar-refractivity contribution in [3.8, 4) is 22.3 Å². The third-order valence-electron chi connectivity index (χ3n) is 6.43. The molecule has 0 radical (unpaired) electrons. The third kappa shape index (κ3) is 3.88. The lowest BCUT2D eigenvalue weighted by molar-refractivity contribution is -0.117. The molecule has 0 atom stereocenters. The highest BCUT2D eigenvalue weighted by molar-refractivity contribution is 5.95. The van der Waals surface area contributed by atoms with Crippen LogP contribution in [-0.4, -0.2) is 32.0 Å². The van der Waals surface area contributed by atoms with Crippen LogP contribution in [0.25, 0.3) is 33.3 Å². The Bertz CT molecular complexity index is 1500. The maximum Gasteiger partial charge on any atom is 0.227 e. The van der Waals surface area contributed by atoms with Gasteiger partial charge in [0.1, 0.15) is 5.82 Å². The summed E-state index contributed by atoms with van der Waals surface area (Å²) in [5, 5.41) is 0. The lowest BCUT2D eigenvalue weighted by Crippen LogP contribution is -2.23. The summed E-state index contributed by atoms with van der Waals surface area (Å²) in [4.78, 5) is 26.5. The molecule has 2 aromatic carbocycles. The SMILES string of the molecule is Cc1ccc2nc(Cn3ccc(-c4cncc(-c5ccc(N6CCCC6=O)cc5)c4)c3)[nH]c2c1. The third-order valence-corrected chi connectivity index (χ3v) is 6.43. The Labute approximate surface area is 197 Å². The highest BCUT2D eigenvalue weighted by atomic mass is 16.2. The van der Waals surface area contributed by atoms with Gasteiger partial charge < -0.3 is 14.5 Å². The Kier molecular flexibility index (Phi) is 4.99. The first-order valence-corrected chi connectivity index (χ1v) is 11.6. The summed E-state index contributed by atoms with van der Waals surface area (Å²) in [7, 11) is 0. The zero-order chi connectivity index (χ0) is 23.1. The quantitative estimate of drug-likeness (QED) is 0.383. The number of aromatic amines is 1. The number of nitrogens with one attached hydrogen (secondary N) is 1. The maximum absolute atomic E-state index is 12.0. The van der Waals surface area contributed by atoms with Gasteiger partial charge in [0.2, 0.25) is 5.91 Å². The zero-order valence-corrected chi connectivity index (χ0v) is 19.0. The second-order valence-electron chi connectivity index (χ2n) is 8.93. The minimum Gasteiger partial charge on any atom is -0.346 e. The van der Waals surface area contributed by atoms with E-state index in [9.17, 15) is 4.79 Å². The fraction of sp³-hybridized carbons (Fsp3) is 0.179. The van der Waals surface area contributed by atoms with Crippen LogP contribution in [0.5, 0.6) is 0 Å². The van der Waals surface area contributed by atoms with Gasteiger partial charge in [0.05, 0.1) is 17.6 Å². The molecule has 168 valence electrons. The van der Waals surface area contributed by atoms with Gasteiger partial charge in [0.25, 0.3) is 0 Å². The molecule has 6 heteroatoms. The fourth-order valence-electron chi connectivity index (χ4n) is 4.64. The van der Waals surface area contributed by atoms with Crippen LogP contribution >= 0.6 is 0 Å². The van der Waals surface area contributed by atoms with Gasteiger partial charge in [-0.1, -0.05) is 18.2 Å². The number of anilines is 1. The van der Waals surface area contributed by atoms with Crippen LogP contribution in [0.1, 0.15) is 24.2 Å². The Hall–Kier alpha value is -4.19. The first-order valence-electron chi connectivity index (χ1n) is 11.6. The molecular weight excluding hydrogens is 422 g/mol. The molecule has 1 aliphatic rings. The zero-order valence-electron chi connectivity index (χ0n) is 19.0. The highest BCUT2D eigenvalue weighted by Crippen LogP contribution is 2.29. The highest BCUT2D eigenvalue weighted by Gasteiger charge is 2.21. The van der Waals surface area contributed by atoms with Crippen LogP contribution in [0, 0.1) is 6.92 Å². The second kappa shape index (κ2) is 8.30. The van der Waals surface area contributed by atoms with Crippen LogP contribution in [0.4, 0.5) is 5.69 Å². The fourth-order valence-corrected chi connectivity index (χ4v) is 4.64. The Morgan fingerprint density at radius 3 is 2.56 bits per heavy atom. The molecule has 1 N–H and O–H groups in total. The normalized spacial score (nSPS) is 13.8. The number of pyridine rings is 1. The van der Waals surface area contributed by atoms with E-state index in [0.717, 1.165) is 57.8 Å². The van der Waals surface area contributed by atoms with E-state index in [2.05, 4.69) is 76.3 Å². The van der Waals surface area contributed by atoms with Crippen LogP contribution in [0.2, 0.25) is 0 Å². The largest absolute Gasteiger partial charge is 0.346 e. The van der Waals surface area contributed by atoms with E-state index in [-0.39, 0.29) is 5.91 Å². The number of rotatable bonds is 5. The van der Waals surface area contributed by atoms with Crippen molar-refractivity contribution in [1.29, 1.82) is 0 Å². The predicted octanol–water partition coefficient (Wildman–Crippen LogP) is 5.58. The molecule has 0 bridgehead atoms. The molecule has 0 saturated carbocycles. The maximum atomic E-state index is 12.0. The summed E-state index contributed by atoms with van der Waals surface area (Å²) in [6.07, 6.45) is 9.55. The number of nitrogens with zero attached hydrogens (tertiary/aromatic N) is 4. The summed E-state index contributed by atoms with van der Waals surface area (Å²) >= 11 is 0. The number of benzene rings is 2. The van der Waals surface area contributed by atoms with Crippen molar-refractivity contribution in [2.75, 3.05) is 11.4 Å². The number of hydrogen-bond acceptors (Lipinski definition) is 3. The lowest BCUT2D eigenvalue weighted by atomic mass is 10.0. The van der Waals surface area contributed by atoms with Crippen molar-refractivity contribution in [2.24, 2.45) is 0 Å². The molecule has 34 heavy (non-hydrogen) atoms. The molecule has 6 nitrogen and oxygen atoms in total. The van der Waals surface area contributed by atoms with Gasteiger partial charge in [0.15, 0.2) is 0 Å². The average Bonchev–Trinajstić information content (AvgIpc) is 3.59. The molecule has 1 aliphatic heterocycles. The first-order chi connectivity index (χ1) is 16.6. The summed E-state index contributed by atoms with van der Waals surface area (Å²) in [5.41, 5.74) is 8.56. The van der Waals surface area contributed by atoms with Crippen molar-refractivity contribution in [2.45, 2.75) is 26.3 Å². The van der Waals surface area contributed by atoms with E-state index in [1.54, 1.807) is 0 Å². The van der Waals surface area contributed by atoms with Crippen LogP contribution in [-0.2, 0) is 11.3 Å². The summed E-state index contributed by atoms with van der Waals surface area (Å²) in [6, 6.07) is 18.7. The Morgan fingerprint density at radius 1 is 0.941 bits per heavy atom. The number of hydrogen-bond donors (Lipinski definition) is 1. The number of imidazole rings is 1. The van der Waals surface area contributed by atoms with Gasteiger partial charge in [-0.2, -0.15) is 0 Å². The number of amides is 1. The standard InChI is InChI=1S/C28H25N5O/c1-19-4-9-25-26(13-19)31-27(30-25)18-32-12-10-21(17-32)23-14-22(15-29-16-23)20-5-7-24(8-6-20)33-11-2-3-28(33)34/h4-10,12-17H,2-3,11,18H2,1H3,(H,30,31). The number of aromatic nitrogens is 4. The topological polar surface area (TPSA) is 66.8 Å². The first kappa shape index (κ1) is 20.4. The van der Waals surface area contributed by atoms with E-state index in [1.807, 2.05) is 29.4 Å². The number of aryl methyl sites for hydroxylation is 1. The van der Waals surface area contributed by atoms with E-state index < -0.39 is 0 Å². The minimum atomic E-state index is 0.207. The molecule has 1 amide bonds. The molecule has 5 aromatic rings. The number of carbonyl (C=O) groups is 1. The van der Waals surface area contributed by atoms with Crippen LogP contribution in [0.3, 0.4) is 0 Å². The monoisotopic (exact) mass is 447 g/mol. The van der Waals surface area contributed by atoms with Crippen LogP contribution < -0.4 is 4.90 Å². The number of H-pyrrole nitrogens is 1. The minimum absolute atomic E-state index is 0.207. The van der Waals surface area contributed by atoms with E-state index in [1.165, 1.54) is 5.56 Å². The van der Waals surface area contributed by atoms with Crippen molar-refractivity contribution < 1.29 is 4.79 Å². The van der Waals surface area contributed by atoms with Gasteiger partial charge in [0, 0.05) is 60.1 Å². The second-order valence-corrected chi connectivity index (χ2v) is 8.93. The summed E-state index contributed by atoms with van der Waals surface area (Å²) < 4.78 is 2.13. The van der Waals surface area contributed by atoms with Gasteiger partial charge in [-0.15, -0.1) is 0 Å². The molecule has 4 heterocycles. The number of fused-ring (bicyclic) bond motifs is 1. The molecular formula is C28H25N5O. The summed E-state index contributed by atoms with van der Waals surface area (Å²) in [6.45, 7) is 3.57. The smallest absolute Gasteiger partial charge is 0.227 e. The molecule has 1 saturated heterocycles. The van der Waals surface area contributed by atoms with Crippen molar-refractivity contribution in [1.82, 2.24) is 19.5 Å². The van der Waals surface area contributed by atoms with Gasteiger partial charge >= 0.3 is 0 Å². The molecule has 0 unspecified atom stereocenters. The lowest BCUT2D eigenvalue weighted by Gasteiger charge is -2.16. The molecule has 0 aliphatic carbocycles. The van der Waals surface area contributed by atoms with Gasteiger partial charge in [-0.3, -0.25) is 9.78 Å². The predicted molar refractivity (Wildman–Crippen MR) is 135 cm³/mol. The van der Waals surface area contributed by atoms with Gasteiger partial charge in [-0.25, -0.2) is 4.98 Å². The summed E-state index contributed by atoms with van der Waals surface area (Å²) in [5.74, 6) is 1.14.